The molecule has 2 aromatic carbocycles. The number of ether oxygens (including phenoxy) is 3. The van der Waals surface area contributed by atoms with Gasteiger partial charge in [0.05, 0.1) is 17.3 Å². The number of nitro benzene ring substituents is 1. The van der Waals surface area contributed by atoms with Crippen LogP contribution in [0.4, 0.5) is 5.69 Å². The maximum Gasteiger partial charge on any atom is 0.316 e. The molecule has 0 radical (unpaired) electrons. The van der Waals surface area contributed by atoms with Gasteiger partial charge in [0.25, 0.3) is 5.69 Å². The minimum Gasteiger partial charge on any atom is -0.467 e. The third-order valence-corrected chi connectivity index (χ3v) is 5.06. The predicted octanol–water partition coefficient (Wildman–Crippen LogP) is 4.06. The lowest BCUT2D eigenvalue weighted by atomic mass is 10.1. The third kappa shape index (κ3) is 4.75. The molecule has 1 aliphatic rings. The molecule has 0 spiro atoms. The fourth-order valence-electron chi connectivity index (χ4n) is 2.37. The molecule has 7 nitrogen and oxygen atoms in total. The summed E-state index contributed by atoms with van der Waals surface area (Å²) in [6.45, 7) is 0.187. The highest BCUT2D eigenvalue weighted by atomic mass is 79.9. The Hall–Kier alpha value is -2.10. The molecule has 0 saturated carbocycles. The Balaban J connectivity index is 1.63. The molecule has 0 fully saturated rings. The summed E-state index contributed by atoms with van der Waals surface area (Å²) in [6.07, 6.45) is 0. The van der Waals surface area contributed by atoms with Gasteiger partial charge in [0.2, 0.25) is 0 Å². The Bertz CT molecular complexity index is 827. The molecule has 0 bridgehead atoms. The second-order valence-corrected chi connectivity index (χ2v) is 7.33. The van der Waals surface area contributed by atoms with Crippen molar-refractivity contribution in [2.45, 2.75) is 18.1 Å². The van der Waals surface area contributed by atoms with E-state index in [2.05, 4.69) is 15.9 Å². The van der Waals surface area contributed by atoms with Crippen LogP contribution in [-0.2, 0) is 27.5 Å². The normalized spacial score (nSPS) is 12.8. The van der Waals surface area contributed by atoms with E-state index in [9.17, 15) is 14.9 Å². The van der Waals surface area contributed by atoms with Crippen LogP contribution in [-0.4, -0.2) is 23.4 Å². The highest BCUT2D eigenvalue weighted by molar-refractivity contribution is 9.10. The molecule has 3 rings (SSSR count). The molecule has 9 heteroatoms. The lowest BCUT2D eigenvalue weighted by molar-refractivity contribution is -0.385. The molecule has 0 aliphatic carbocycles. The molecule has 0 aromatic heterocycles. The summed E-state index contributed by atoms with van der Waals surface area (Å²) in [5, 5.41) is 11.1. The third-order valence-electron chi connectivity index (χ3n) is 3.54. The number of nitrogens with zero attached hydrogens (tertiary/aromatic N) is 1. The number of rotatable bonds is 6. The highest BCUT2D eigenvalue weighted by Crippen LogP contribution is 2.33. The van der Waals surface area contributed by atoms with Gasteiger partial charge >= 0.3 is 5.97 Å². The first-order chi connectivity index (χ1) is 12.5. The summed E-state index contributed by atoms with van der Waals surface area (Å²) >= 11 is 4.71. The summed E-state index contributed by atoms with van der Waals surface area (Å²) < 4.78 is 16.8. The quantitative estimate of drug-likeness (QED) is 0.290. The number of fused-ring (bicyclic) bond motifs is 1. The number of benzene rings is 2. The Morgan fingerprint density at radius 2 is 2.08 bits per heavy atom. The molecule has 1 heterocycles. The molecular weight excluding hydrogens is 426 g/mol. The van der Waals surface area contributed by atoms with E-state index in [1.807, 2.05) is 24.3 Å². The number of hydrogen-bond acceptors (Lipinski definition) is 7. The SMILES string of the molecule is O=C(CSc1ccc(Br)cc1)OCc1cc([N+](=O)[O-])cc2c1OCOC2. The second kappa shape index (κ2) is 8.52. The smallest absolute Gasteiger partial charge is 0.316 e. The van der Waals surface area contributed by atoms with Gasteiger partial charge in [-0.25, -0.2) is 0 Å². The van der Waals surface area contributed by atoms with E-state index < -0.39 is 10.9 Å². The van der Waals surface area contributed by atoms with E-state index >= 15 is 0 Å². The van der Waals surface area contributed by atoms with Crippen molar-refractivity contribution in [1.29, 1.82) is 0 Å². The molecule has 136 valence electrons. The fraction of sp³-hybridized carbons (Fsp3) is 0.235. The van der Waals surface area contributed by atoms with E-state index in [0.717, 1.165) is 9.37 Å². The first-order valence-electron chi connectivity index (χ1n) is 7.57. The van der Waals surface area contributed by atoms with Crippen LogP contribution in [0.5, 0.6) is 5.75 Å². The maximum atomic E-state index is 12.0. The highest BCUT2D eigenvalue weighted by Gasteiger charge is 2.21. The number of hydrogen-bond donors (Lipinski definition) is 0. The minimum atomic E-state index is -0.496. The number of carbonyl (C=O) groups is 1. The van der Waals surface area contributed by atoms with Crippen LogP contribution in [0.25, 0.3) is 0 Å². The van der Waals surface area contributed by atoms with E-state index in [4.69, 9.17) is 14.2 Å². The van der Waals surface area contributed by atoms with Crippen LogP contribution < -0.4 is 4.74 Å². The van der Waals surface area contributed by atoms with Gasteiger partial charge in [-0.05, 0) is 24.3 Å². The summed E-state index contributed by atoms with van der Waals surface area (Å²) in [4.78, 5) is 23.5. The molecule has 0 unspecified atom stereocenters. The van der Waals surface area contributed by atoms with E-state index in [1.54, 1.807) is 0 Å². The average Bonchev–Trinajstić information content (AvgIpc) is 2.65. The largest absolute Gasteiger partial charge is 0.467 e. The predicted molar refractivity (Wildman–Crippen MR) is 98.0 cm³/mol. The first kappa shape index (κ1) is 18.7. The van der Waals surface area contributed by atoms with Crippen LogP contribution in [0.3, 0.4) is 0 Å². The number of carbonyl (C=O) groups excluding carboxylic acids is 1. The fourth-order valence-corrected chi connectivity index (χ4v) is 3.33. The van der Waals surface area contributed by atoms with Crippen molar-refractivity contribution in [3.63, 3.8) is 0 Å². The van der Waals surface area contributed by atoms with Crippen molar-refractivity contribution in [1.82, 2.24) is 0 Å². The standard InChI is InChI=1S/C17H14BrNO6S/c18-13-1-3-15(4-2-13)26-9-16(20)24-8-12-6-14(19(21)22)5-11-7-23-10-25-17(11)12/h1-6H,7-10H2. The lowest BCUT2D eigenvalue weighted by Gasteiger charge is -2.20. The van der Waals surface area contributed by atoms with E-state index in [0.29, 0.717) is 16.9 Å². The van der Waals surface area contributed by atoms with E-state index in [-0.39, 0.29) is 31.4 Å². The van der Waals surface area contributed by atoms with Gasteiger partial charge in [-0.15, -0.1) is 11.8 Å². The van der Waals surface area contributed by atoms with Crippen LogP contribution in [0.2, 0.25) is 0 Å². The van der Waals surface area contributed by atoms with Crippen LogP contribution >= 0.6 is 27.7 Å². The Morgan fingerprint density at radius 1 is 1.31 bits per heavy atom. The van der Waals surface area contributed by atoms with Crippen molar-refractivity contribution in [3.05, 3.63) is 62.1 Å². The van der Waals surface area contributed by atoms with Gasteiger partial charge in [0.15, 0.2) is 6.79 Å². The van der Waals surface area contributed by atoms with Crippen molar-refractivity contribution < 1.29 is 23.9 Å². The molecular formula is C17H14BrNO6S. The van der Waals surface area contributed by atoms with Crippen molar-refractivity contribution in [2.75, 3.05) is 12.5 Å². The van der Waals surface area contributed by atoms with Gasteiger partial charge < -0.3 is 14.2 Å². The van der Waals surface area contributed by atoms with Crippen molar-refractivity contribution >= 4 is 39.3 Å². The number of non-ortho nitro benzene ring substituents is 1. The second-order valence-electron chi connectivity index (χ2n) is 5.36. The Morgan fingerprint density at radius 3 is 2.81 bits per heavy atom. The summed E-state index contributed by atoms with van der Waals surface area (Å²) in [7, 11) is 0. The van der Waals surface area contributed by atoms with Crippen molar-refractivity contribution in [2.24, 2.45) is 0 Å². The lowest BCUT2D eigenvalue weighted by Crippen LogP contribution is -2.15. The van der Waals surface area contributed by atoms with Gasteiger partial charge in [0.1, 0.15) is 12.4 Å². The summed E-state index contributed by atoms with van der Waals surface area (Å²) in [5.41, 5.74) is 0.938. The molecule has 0 atom stereocenters. The zero-order valence-electron chi connectivity index (χ0n) is 13.5. The molecule has 26 heavy (non-hydrogen) atoms. The zero-order chi connectivity index (χ0) is 18.5. The first-order valence-corrected chi connectivity index (χ1v) is 9.35. The topological polar surface area (TPSA) is 87.9 Å². The molecule has 0 N–H and O–H groups in total. The van der Waals surface area contributed by atoms with Crippen LogP contribution in [0.1, 0.15) is 11.1 Å². The Kier molecular flexibility index (Phi) is 6.12. The van der Waals surface area contributed by atoms with Crippen LogP contribution in [0.15, 0.2) is 45.8 Å². The molecule has 2 aromatic rings. The summed E-state index contributed by atoms with van der Waals surface area (Å²) in [6, 6.07) is 10.3. The molecule has 1 aliphatic heterocycles. The van der Waals surface area contributed by atoms with Gasteiger partial charge in [-0.2, -0.15) is 0 Å². The van der Waals surface area contributed by atoms with Crippen molar-refractivity contribution in [3.8, 4) is 5.75 Å². The molecule has 0 saturated heterocycles. The number of thioether (sulfide) groups is 1. The Labute approximate surface area is 161 Å². The van der Waals surface area contributed by atoms with Gasteiger partial charge in [0, 0.05) is 32.6 Å². The summed E-state index contributed by atoms with van der Waals surface area (Å²) in [5.74, 6) is 0.211. The van der Waals surface area contributed by atoms with Gasteiger partial charge in [-0.1, -0.05) is 15.9 Å². The minimum absolute atomic E-state index is 0.0607. The van der Waals surface area contributed by atoms with Gasteiger partial charge in [-0.3, -0.25) is 14.9 Å². The number of halogens is 1. The van der Waals surface area contributed by atoms with E-state index in [1.165, 1.54) is 23.9 Å². The maximum absolute atomic E-state index is 12.0. The number of nitro groups is 1. The molecule has 0 amide bonds. The zero-order valence-corrected chi connectivity index (χ0v) is 15.9. The van der Waals surface area contributed by atoms with Crippen LogP contribution in [0, 0.1) is 10.1 Å². The monoisotopic (exact) mass is 439 g/mol. The average molecular weight is 440 g/mol. The number of esters is 1.